The molecule has 0 radical (unpaired) electrons. The highest BCUT2D eigenvalue weighted by Gasteiger charge is 2.20. The Hall–Kier alpha value is -0.530. The molecule has 1 heterocycles. The lowest BCUT2D eigenvalue weighted by Gasteiger charge is -2.21. The van der Waals surface area contributed by atoms with Crippen LogP contribution in [0, 0.1) is 11.8 Å². The first-order chi connectivity index (χ1) is 5.68. The Bertz CT molecular complexity index is 152. The summed E-state index contributed by atoms with van der Waals surface area (Å²) in [4.78, 5) is 10.9. The predicted molar refractivity (Wildman–Crippen MR) is 47.8 cm³/mol. The molecule has 2 heteroatoms. The molecular formula is C10H18O2. The van der Waals surface area contributed by atoms with Crippen molar-refractivity contribution in [3.63, 3.8) is 0 Å². The lowest BCUT2D eigenvalue weighted by Crippen LogP contribution is -2.21. The van der Waals surface area contributed by atoms with Gasteiger partial charge in [0.25, 0.3) is 0 Å². The number of carbonyl (C=O) groups excluding carboxylic acids is 1. The maximum atomic E-state index is 10.9. The molecule has 0 spiro atoms. The van der Waals surface area contributed by atoms with Crippen LogP contribution in [0.15, 0.2) is 0 Å². The van der Waals surface area contributed by atoms with E-state index in [4.69, 9.17) is 4.74 Å². The van der Waals surface area contributed by atoms with Crippen LogP contribution < -0.4 is 0 Å². The van der Waals surface area contributed by atoms with Gasteiger partial charge in [-0.15, -0.1) is 0 Å². The number of esters is 1. The molecule has 70 valence electrons. The summed E-state index contributed by atoms with van der Waals surface area (Å²) in [5.74, 6) is 1.34. The Morgan fingerprint density at radius 1 is 1.58 bits per heavy atom. The molecule has 0 saturated carbocycles. The molecule has 1 unspecified atom stereocenters. The summed E-state index contributed by atoms with van der Waals surface area (Å²) in [6.45, 7) is 5.09. The first kappa shape index (κ1) is 9.56. The lowest BCUT2D eigenvalue weighted by molar-refractivity contribution is -0.149. The molecule has 2 nitrogen and oxygen atoms in total. The van der Waals surface area contributed by atoms with Crippen LogP contribution in [-0.4, -0.2) is 12.6 Å². The molecule has 0 aliphatic carbocycles. The number of hydrogen-bond acceptors (Lipinski definition) is 2. The molecular weight excluding hydrogens is 152 g/mol. The van der Waals surface area contributed by atoms with Crippen molar-refractivity contribution in [3.8, 4) is 0 Å². The summed E-state index contributed by atoms with van der Waals surface area (Å²) in [5.41, 5.74) is 0. The molecule has 12 heavy (non-hydrogen) atoms. The van der Waals surface area contributed by atoms with Crippen LogP contribution in [-0.2, 0) is 9.53 Å². The van der Waals surface area contributed by atoms with Gasteiger partial charge in [0.2, 0.25) is 0 Å². The summed E-state index contributed by atoms with van der Waals surface area (Å²) >= 11 is 0. The van der Waals surface area contributed by atoms with Gasteiger partial charge in [0.15, 0.2) is 0 Å². The average molecular weight is 170 g/mol. The number of carbonyl (C=O) groups is 1. The second-order valence-electron chi connectivity index (χ2n) is 4.05. The van der Waals surface area contributed by atoms with Gasteiger partial charge in [-0.25, -0.2) is 0 Å². The summed E-state index contributed by atoms with van der Waals surface area (Å²) < 4.78 is 4.88. The number of rotatable bonds is 3. The molecule has 0 aromatic rings. The van der Waals surface area contributed by atoms with Gasteiger partial charge in [-0.2, -0.15) is 0 Å². The second kappa shape index (κ2) is 4.48. The van der Waals surface area contributed by atoms with Gasteiger partial charge in [0.05, 0.1) is 6.61 Å². The Morgan fingerprint density at radius 3 is 2.92 bits per heavy atom. The molecule has 0 aromatic heterocycles. The van der Waals surface area contributed by atoms with E-state index in [2.05, 4.69) is 13.8 Å². The summed E-state index contributed by atoms with van der Waals surface area (Å²) in [6.07, 6.45) is 4.13. The average Bonchev–Trinajstić information content (AvgIpc) is 2.01. The van der Waals surface area contributed by atoms with Crippen LogP contribution in [0.1, 0.15) is 39.5 Å². The lowest BCUT2D eigenvalue weighted by atomic mass is 9.91. The van der Waals surface area contributed by atoms with E-state index in [1.807, 2.05) is 0 Å². The smallest absolute Gasteiger partial charge is 0.306 e. The highest BCUT2D eigenvalue weighted by Crippen LogP contribution is 2.22. The monoisotopic (exact) mass is 170 g/mol. The van der Waals surface area contributed by atoms with Crippen molar-refractivity contribution < 1.29 is 9.53 Å². The minimum absolute atomic E-state index is 0.00462. The second-order valence-corrected chi connectivity index (χ2v) is 4.05. The highest BCUT2D eigenvalue weighted by molar-refractivity contribution is 5.70. The fourth-order valence-electron chi connectivity index (χ4n) is 1.55. The molecule has 1 atom stereocenters. The number of cyclic esters (lactones) is 1. The van der Waals surface area contributed by atoms with Gasteiger partial charge in [0, 0.05) is 6.42 Å². The number of hydrogen-bond donors (Lipinski definition) is 0. The van der Waals surface area contributed by atoms with Crippen LogP contribution in [0.2, 0.25) is 0 Å². The zero-order valence-corrected chi connectivity index (χ0v) is 8.01. The first-order valence-corrected chi connectivity index (χ1v) is 4.84. The van der Waals surface area contributed by atoms with E-state index < -0.39 is 0 Å². The normalized spacial score (nSPS) is 24.2. The largest absolute Gasteiger partial charge is 0.466 e. The molecule has 1 aliphatic rings. The maximum Gasteiger partial charge on any atom is 0.306 e. The zero-order valence-electron chi connectivity index (χ0n) is 8.01. The van der Waals surface area contributed by atoms with Gasteiger partial charge in [-0.3, -0.25) is 4.79 Å². The fourth-order valence-corrected chi connectivity index (χ4v) is 1.55. The molecule has 0 aromatic carbocycles. The van der Waals surface area contributed by atoms with Crippen molar-refractivity contribution in [1.29, 1.82) is 0 Å². The number of ether oxygens (including phenoxy) is 1. The molecule has 1 fully saturated rings. The topological polar surface area (TPSA) is 26.3 Å². The Balaban J connectivity index is 2.18. The van der Waals surface area contributed by atoms with Crippen molar-refractivity contribution in [2.24, 2.45) is 11.8 Å². The van der Waals surface area contributed by atoms with Gasteiger partial charge < -0.3 is 4.74 Å². The van der Waals surface area contributed by atoms with E-state index in [1.165, 1.54) is 12.8 Å². The van der Waals surface area contributed by atoms with E-state index >= 15 is 0 Å². The highest BCUT2D eigenvalue weighted by atomic mass is 16.5. The van der Waals surface area contributed by atoms with E-state index in [1.54, 1.807) is 0 Å². The minimum Gasteiger partial charge on any atom is -0.466 e. The van der Waals surface area contributed by atoms with Crippen LogP contribution in [0.25, 0.3) is 0 Å². The first-order valence-electron chi connectivity index (χ1n) is 4.84. The van der Waals surface area contributed by atoms with E-state index in [0.717, 1.165) is 12.3 Å². The third-order valence-corrected chi connectivity index (χ3v) is 2.40. The minimum atomic E-state index is -0.00462. The van der Waals surface area contributed by atoms with Crippen molar-refractivity contribution in [1.82, 2.24) is 0 Å². The van der Waals surface area contributed by atoms with Crippen molar-refractivity contribution in [2.75, 3.05) is 6.61 Å². The molecule has 0 N–H and O–H groups in total. The Labute approximate surface area is 74.3 Å². The quantitative estimate of drug-likeness (QED) is 0.608. The third-order valence-electron chi connectivity index (χ3n) is 2.40. The van der Waals surface area contributed by atoms with E-state index in [0.29, 0.717) is 18.9 Å². The predicted octanol–water partition coefficient (Wildman–Crippen LogP) is 2.38. The van der Waals surface area contributed by atoms with E-state index in [-0.39, 0.29) is 5.97 Å². The molecule has 1 aliphatic heterocycles. The van der Waals surface area contributed by atoms with Crippen LogP contribution >= 0.6 is 0 Å². The standard InChI is InChI=1S/C10H18O2/c1-8(2)3-4-9-5-6-12-10(11)7-9/h8-9H,3-7H2,1-2H3. The van der Waals surface area contributed by atoms with Crippen LogP contribution in [0.3, 0.4) is 0 Å². The summed E-state index contributed by atoms with van der Waals surface area (Å²) in [5, 5.41) is 0. The summed E-state index contributed by atoms with van der Waals surface area (Å²) in [6, 6.07) is 0. The van der Waals surface area contributed by atoms with Crippen molar-refractivity contribution >= 4 is 5.97 Å². The van der Waals surface area contributed by atoms with Crippen molar-refractivity contribution in [2.45, 2.75) is 39.5 Å². The summed E-state index contributed by atoms with van der Waals surface area (Å²) in [7, 11) is 0. The Kier molecular flexibility index (Phi) is 3.57. The molecule has 0 amide bonds. The van der Waals surface area contributed by atoms with Gasteiger partial charge in [0.1, 0.15) is 0 Å². The molecule has 1 saturated heterocycles. The van der Waals surface area contributed by atoms with Gasteiger partial charge in [-0.05, 0) is 24.7 Å². The maximum absolute atomic E-state index is 10.9. The van der Waals surface area contributed by atoms with Gasteiger partial charge >= 0.3 is 5.97 Å². The van der Waals surface area contributed by atoms with Crippen LogP contribution in [0.5, 0.6) is 0 Å². The van der Waals surface area contributed by atoms with Gasteiger partial charge in [-0.1, -0.05) is 20.3 Å². The fraction of sp³-hybridized carbons (Fsp3) is 0.900. The van der Waals surface area contributed by atoms with Crippen LogP contribution in [0.4, 0.5) is 0 Å². The third kappa shape index (κ3) is 3.24. The molecule has 1 rings (SSSR count). The van der Waals surface area contributed by atoms with E-state index in [9.17, 15) is 4.79 Å². The Morgan fingerprint density at radius 2 is 2.33 bits per heavy atom. The van der Waals surface area contributed by atoms with Crippen molar-refractivity contribution in [3.05, 3.63) is 0 Å². The SMILES string of the molecule is CC(C)CCC1CCOC(=O)C1. The zero-order chi connectivity index (χ0) is 8.97. The molecule has 0 bridgehead atoms.